The first-order valence-electron chi connectivity index (χ1n) is 7.02. The molecule has 1 aliphatic rings. The van der Waals surface area contributed by atoms with E-state index >= 15 is 0 Å². The summed E-state index contributed by atoms with van der Waals surface area (Å²) in [6.45, 7) is 9.97. The molecule has 1 aromatic rings. The highest BCUT2D eigenvalue weighted by Crippen LogP contribution is 2.24. The highest BCUT2D eigenvalue weighted by molar-refractivity contribution is 5.34. The molecule has 1 saturated heterocycles. The molecule has 0 aliphatic carbocycles. The van der Waals surface area contributed by atoms with E-state index in [-0.39, 0.29) is 17.8 Å². The zero-order valence-corrected chi connectivity index (χ0v) is 12.7. The SMILES string of the molecule is CC(C)Oc1ccnc(N2CC(CN)OC(C)(C)C2)n1. The predicted octanol–water partition coefficient (Wildman–Crippen LogP) is 1.21. The summed E-state index contributed by atoms with van der Waals surface area (Å²) < 4.78 is 11.5. The van der Waals surface area contributed by atoms with E-state index in [1.54, 1.807) is 12.3 Å². The van der Waals surface area contributed by atoms with Crippen LogP contribution in [0.15, 0.2) is 12.3 Å². The topological polar surface area (TPSA) is 73.5 Å². The maximum atomic E-state index is 5.92. The van der Waals surface area contributed by atoms with Gasteiger partial charge < -0.3 is 20.1 Å². The molecule has 20 heavy (non-hydrogen) atoms. The summed E-state index contributed by atoms with van der Waals surface area (Å²) in [5.74, 6) is 1.26. The molecule has 1 unspecified atom stereocenters. The van der Waals surface area contributed by atoms with Crippen LogP contribution in [0.4, 0.5) is 5.95 Å². The van der Waals surface area contributed by atoms with Gasteiger partial charge in [0.05, 0.1) is 17.8 Å². The molecule has 1 aromatic heterocycles. The van der Waals surface area contributed by atoms with Crippen molar-refractivity contribution in [1.82, 2.24) is 9.97 Å². The average molecular weight is 280 g/mol. The van der Waals surface area contributed by atoms with E-state index in [0.29, 0.717) is 24.9 Å². The third kappa shape index (κ3) is 3.80. The van der Waals surface area contributed by atoms with E-state index in [2.05, 4.69) is 28.7 Å². The Morgan fingerprint density at radius 2 is 2.30 bits per heavy atom. The molecular weight excluding hydrogens is 256 g/mol. The quantitative estimate of drug-likeness (QED) is 0.893. The largest absolute Gasteiger partial charge is 0.475 e. The monoisotopic (exact) mass is 280 g/mol. The number of hydrogen-bond acceptors (Lipinski definition) is 6. The second-order valence-corrected chi connectivity index (χ2v) is 5.98. The second-order valence-electron chi connectivity index (χ2n) is 5.98. The van der Waals surface area contributed by atoms with Gasteiger partial charge in [0, 0.05) is 31.9 Å². The molecule has 6 heteroatoms. The third-order valence-electron chi connectivity index (χ3n) is 3.00. The fraction of sp³-hybridized carbons (Fsp3) is 0.714. The van der Waals surface area contributed by atoms with Crippen LogP contribution in [0.1, 0.15) is 27.7 Å². The molecule has 1 aliphatic heterocycles. The van der Waals surface area contributed by atoms with Gasteiger partial charge in [0.25, 0.3) is 0 Å². The van der Waals surface area contributed by atoms with Gasteiger partial charge in [-0.05, 0) is 27.7 Å². The van der Waals surface area contributed by atoms with Gasteiger partial charge in [-0.25, -0.2) is 4.98 Å². The summed E-state index contributed by atoms with van der Waals surface area (Å²) in [5.41, 5.74) is 5.48. The van der Waals surface area contributed by atoms with Crippen LogP contribution in [0.25, 0.3) is 0 Å². The highest BCUT2D eigenvalue weighted by atomic mass is 16.5. The van der Waals surface area contributed by atoms with Crippen molar-refractivity contribution >= 4 is 5.95 Å². The van der Waals surface area contributed by atoms with Crippen LogP contribution in [0.2, 0.25) is 0 Å². The fourth-order valence-electron chi connectivity index (χ4n) is 2.36. The Kier molecular flexibility index (Phi) is 4.45. The zero-order valence-electron chi connectivity index (χ0n) is 12.7. The van der Waals surface area contributed by atoms with Crippen LogP contribution in [-0.2, 0) is 4.74 Å². The number of aromatic nitrogens is 2. The molecule has 1 atom stereocenters. The van der Waals surface area contributed by atoms with E-state index in [1.807, 2.05) is 13.8 Å². The van der Waals surface area contributed by atoms with E-state index in [1.165, 1.54) is 0 Å². The van der Waals surface area contributed by atoms with Gasteiger partial charge >= 0.3 is 0 Å². The number of ether oxygens (including phenoxy) is 2. The molecule has 0 saturated carbocycles. The first kappa shape index (κ1) is 15.0. The Labute approximate surface area is 120 Å². The lowest BCUT2D eigenvalue weighted by atomic mass is 10.1. The Morgan fingerprint density at radius 3 is 2.95 bits per heavy atom. The summed E-state index contributed by atoms with van der Waals surface area (Å²) in [6.07, 6.45) is 1.81. The maximum absolute atomic E-state index is 5.92. The first-order chi connectivity index (χ1) is 9.39. The summed E-state index contributed by atoms with van der Waals surface area (Å²) >= 11 is 0. The predicted molar refractivity (Wildman–Crippen MR) is 78.0 cm³/mol. The van der Waals surface area contributed by atoms with Crippen LogP contribution >= 0.6 is 0 Å². The van der Waals surface area contributed by atoms with Gasteiger partial charge in [0.1, 0.15) is 0 Å². The number of morpholine rings is 1. The van der Waals surface area contributed by atoms with Gasteiger partial charge in [-0.15, -0.1) is 0 Å². The van der Waals surface area contributed by atoms with Gasteiger partial charge in [0.2, 0.25) is 11.8 Å². The molecular formula is C14H24N4O2. The number of nitrogens with two attached hydrogens (primary N) is 1. The van der Waals surface area contributed by atoms with Crippen molar-refractivity contribution in [2.45, 2.75) is 45.5 Å². The van der Waals surface area contributed by atoms with E-state index < -0.39 is 0 Å². The third-order valence-corrected chi connectivity index (χ3v) is 3.00. The molecule has 0 spiro atoms. The lowest BCUT2D eigenvalue weighted by molar-refractivity contribution is -0.0792. The Bertz CT molecular complexity index is 451. The summed E-state index contributed by atoms with van der Waals surface area (Å²) in [7, 11) is 0. The molecule has 0 aromatic carbocycles. The summed E-state index contributed by atoms with van der Waals surface area (Å²) in [5, 5.41) is 0. The molecule has 6 nitrogen and oxygen atoms in total. The Hall–Kier alpha value is -1.40. The minimum atomic E-state index is -0.263. The molecule has 2 heterocycles. The molecule has 2 rings (SSSR count). The van der Waals surface area contributed by atoms with Gasteiger partial charge in [0.15, 0.2) is 0 Å². The lowest BCUT2D eigenvalue weighted by Crippen LogP contribution is -2.55. The lowest BCUT2D eigenvalue weighted by Gasteiger charge is -2.42. The second kappa shape index (κ2) is 5.93. The van der Waals surface area contributed by atoms with Crippen molar-refractivity contribution in [1.29, 1.82) is 0 Å². The number of anilines is 1. The van der Waals surface area contributed by atoms with Crippen LogP contribution in [0, 0.1) is 0 Å². The molecule has 2 N–H and O–H groups in total. The maximum Gasteiger partial charge on any atom is 0.228 e. The molecule has 0 bridgehead atoms. The number of hydrogen-bond donors (Lipinski definition) is 1. The van der Waals surface area contributed by atoms with Gasteiger partial charge in [-0.2, -0.15) is 4.98 Å². The van der Waals surface area contributed by atoms with Crippen LogP contribution < -0.4 is 15.4 Å². The zero-order chi connectivity index (χ0) is 14.8. The van der Waals surface area contributed by atoms with Gasteiger partial charge in [-0.1, -0.05) is 0 Å². The molecule has 112 valence electrons. The standard InChI is InChI=1S/C14H24N4O2/c1-10(2)19-12-5-6-16-13(17-12)18-8-11(7-15)20-14(3,4)9-18/h5-6,10-11H,7-9,15H2,1-4H3. The van der Waals surface area contributed by atoms with Crippen molar-refractivity contribution in [2.75, 3.05) is 24.5 Å². The van der Waals surface area contributed by atoms with E-state index in [0.717, 1.165) is 6.54 Å². The number of rotatable bonds is 4. The van der Waals surface area contributed by atoms with Crippen LogP contribution in [0.5, 0.6) is 5.88 Å². The minimum absolute atomic E-state index is 0.00276. The molecule has 1 fully saturated rings. The summed E-state index contributed by atoms with van der Waals surface area (Å²) in [6, 6.07) is 1.77. The Morgan fingerprint density at radius 1 is 1.55 bits per heavy atom. The summed E-state index contributed by atoms with van der Waals surface area (Å²) in [4.78, 5) is 10.9. The van der Waals surface area contributed by atoms with E-state index in [4.69, 9.17) is 15.2 Å². The molecule has 0 amide bonds. The van der Waals surface area contributed by atoms with Crippen molar-refractivity contribution in [3.63, 3.8) is 0 Å². The normalized spacial score (nSPS) is 22.1. The molecule has 0 radical (unpaired) electrons. The number of nitrogens with zero attached hydrogens (tertiary/aromatic N) is 3. The fourth-order valence-corrected chi connectivity index (χ4v) is 2.36. The van der Waals surface area contributed by atoms with Crippen LogP contribution in [-0.4, -0.2) is 47.4 Å². The van der Waals surface area contributed by atoms with E-state index in [9.17, 15) is 0 Å². The van der Waals surface area contributed by atoms with Crippen molar-refractivity contribution < 1.29 is 9.47 Å². The Balaban J connectivity index is 2.17. The minimum Gasteiger partial charge on any atom is -0.475 e. The first-order valence-corrected chi connectivity index (χ1v) is 7.02. The smallest absolute Gasteiger partial charge is 0.228 e. The van der Waals surface area contributed by atoms with Gasteiger partial charge in [-0.3, -0.25) is 0 Å². The van der Waals surface area contributed by atoms with Crippen molar-refractivity contribution in [3.8, 4) is 5.88 Å². The average Bonchev–Trinajstić information content (AvgIpc) is 2.36. The highest BCUT2D eigenvalue weighted by Gasteiger charge is 2.34. The van der Waals surface area contributed by atoms with Crippen LogP contribution in [0.3, 0.4) is 0 Å². The van der Waals surface area contributed by atoms with Crippen molar-refractivity contribution in [2.24, 2.45) is 5.73 Å². The van der Waals surface area contributed by atoms with Crippen molar-refractivity contribution in [3.05, 3.63) is 12.3 Å².